The summed E-state index contributed by atoms with van der Waals surface area (Å²) in [6.45, 7) is 10.7. The second-order valence-corrected chi connectivity index (χ2v) is 23.0. The van der Waals surface area contributed by atoms with Crippen LogP contribution in [0.25, 0.3) is 0 Å². The Morgan fingerprint density at radius 1 is 1.00 bits per heavy atom. The number of nitrogens with zero attached hydrogens (tertiary/aromatic N) is 1. The van der Waals surface area contributed by atoms with Crippen LogP contribution in [0.3, 0.4) is 0 Å². The van der Waals surface area contributed by atoms with Crippen molar-refractivity contribution in [2.24, 2.45) is 0 Å². The molecule has 0 heterocycles. The van der Waals surface area contributed by atoms with Gasteiger partial charge in [0.1, 0.15) is 0 Å². The zero-order chi connectivity index (χ0) is 14.3. The first kappa shape index (κ1) is 16.3. The fourth-order valence-electron chi connectivity index (χ4n) is 3.27. The molecule has 18 heavy (non-hydrogen) atoms. The molecule has 0 fully saturated rings. The van der Waals surface area contributed by atoms with Crippen LogP contribution in [-0.2, 0) is 0 Å². The summed E-state index contributed by atoms with van der Waals surface area (Å²) in [6.07, 6.45) is 1.23. The first-order valence-corrected chi connectivity index (χ1v) is 17.1. The Labute approximate surface area is 118 Å². The van der Waals surface area contributed by atoms with Gasteiger partial charge in [-0.15, -0.1) is 0 Å². The maximum atomic E-state index is 2.58. The molecule has 0 aromatic carbocycles. The van der Waals surface area contributed by atoms with E-state index < -0.39 is 18.4 Å². The van der Waals surface area contributed by atoms with Crippen molar-refractivity contribution >= 4 is 18.4 Å². The second kappa shape index (κ2) is 5.32. The van der Waals surface area contributed by atoms with Gasteiger partial charge in [0.05, 0.1) is 0 Å². The van der Waals surface area contributed by atoms with Crippen LogP contribution in [0.5, 0.6) is 0 Å². The molecule has 0 saturated heterocycles. The summed E-state index contributed by atoms with van der Waals surface area (Å²) < 4.78 is 0.429. The first-order valence-electron chi connectivity index (χ1n) is 7.06. The number of hydrogen-bond acceptors (Lipinski definition) is 1. The van der Waals surface area contributed by atoms with Crippen molar-refractivity contribution in [1.82, 2.24) is 4.90 Å². The van der Waals surface area contributed by atoms with Gasteiger partial charge >= 0.3 is 119 Å². The van der Waals surface area contributed by atoms with Crippen LogP contribution >= 0.6 is 0 Å². The first-order chi connectivity index (χ1) is 8.03. The Morgan fingerprint density at radius 2 is 1.50 bits per heavy atom. The molecule has 1 nitrogen and oxygen atoms in total. The monoisotopic (exact) mass is 357 g/mol. The van der Waals surface area contributed by atoms with Crippen LogP contribution in [0.15, 0.2) is 22.3 Å². The fraction of sp³-hybridized carbons (Fsp3) is 0.750. The zero-order valence-corrected chi connectivity index (χ0v) is 16.7. The van der Waals surface area contributed by atoms with E-state index in [1.54, 1.807) is 22.3 Å². The van der Waals surface area contributed by atoms with E-state index in [0.717, 1.165) is 0 Å². The molecule has 1 atom stereocenters. The van der Waals surface area contributed by atoms with Crippen molar-refractivity contribution in [1.29, 1.82) is 0 Å². The molecule has 0 saturated carbocycles. The molecule has 0 N–H and O–H groups in total. The van der Waals surface area contributed by atoms with Gasteiger partial charge < -0.3 is 0 Å². The van der Waals surface area contributed by atoms with E-state index in [0.29, 0.717) is 3.43 Å². The zero-order valence-electron chi connectivity index (χ0n) is 13.9. The van der Waals surface area contributed by atoms with E-state index in [4.69, 9.17) is 0 Å². The normalized spacial score (nSPS) is 25.7. The van der Waals surface area contributed by atoms with Gasteiger partial charge in [0.2, 0.25) is 0 Å². The Hall–Kier alpha value is 0.239. The molecular formula is C16H31NSn. The Morgan fingerprint density at radius 3 is 1.89 bits per heavy atom. The molecule has 0 spiro atoms. The average molecular weight is 356 g/mol. The van der Waals surface area contributed by atoms with E-state index in [9.17, 15) is 0 Å². The van der Waals surface area contributed by atoms with Crippen LogP contribution in [-0.4, -0.2) is 43.9 Å². The summed E-state index contributed by atoms with van der Waals surface area (Å²) in [5.74, 6) is 0. The van der Waals surface area contributed by atoms with Crippen molar-refractivity contribution in [2.75, 3.05) is 20.6 Å². The predicted molar refractivity (Wildman–Crippen MR) is 86.0 cm³/mol. The molecule has 0 aromatic rings. The molecule has 104 valence electrons. The van der Waals surface area contributed by atoms with Gasteiger partial charge in [-0.05, 0) is 0 Å². The van der Waals surface area contributed by atoms with E-state index in [-0.39, 0.29) is 0 Å². The Kier molecular flexibility index (Phi) is 4.81. The molecule has 0 aromatic heterocycles. The molecular weight excluding hydrogens is 325 g/mol. The van der Waals surface area contributed by atoms with Gasteiger partial charge in [0.15, 0.2) is 0 Å². The number of rotatable bonds is 4. The Bertz CT molecular complexity index is 396. The fourth-order valence-corrected chi connectivity index (χ4v) is 10.5. The summed E-state index contributed by atoms with van der Waals surface area (Å²) >= 11 is -2.05. The molecule has 1 aliphatic rings. The molecule has 1 unspecified atom stereocenters. The van der Waals surface area contributed by atoms with Crippen molar-refractivity contribution in [3.05, 3.63) is 22.3 Å². The average Bonchev–Trinajstić information content (AvgIpc) is 2.39. The van der Waals surface area contributed by atoms with E-state index in [1.165, 1.54) is 13.0 Å². The molecule has 0 radical (unpaired) electrons. The summed E-state index contributed by atoms with van der Waals surface area (Å²) in [5.41, 5.74) is 6.56. The van der Waals surface area contributed by atoms with Gasteiger partial charge in [0, 0.05) is 0 Å². The minimum absolute atomic E-state index is 0.429. The van der Waals surface area contributed by atoms with E-state index in [1.807, 2.05) is 0 Å². The summed E-state index contributed by atoms with van der Waals surface area (Å²) in [6, 6.07) is 0. The topological polar surface area (TPSA) is 3.24 Å². The Balaban J connectivity index is 3.22. The minimum atomic E-state index is -2.05. The summed E-state index contributed by atoms with van der Waals surface area (Å²) in [7, 11) is 4.35. The van der Waals surface area contributed by atoms with Crippen molar-refractivity contribution in [2.45, 2.75) is 52.4 Å². The number of allylic oxidation sites excluding steroid dienone is 3. The summed E-state index contributed by atoms with van der Waals surface area (Å²) in [4.78, 5) is 10.1. The molecule has 1 aliphatic carbocycles. The summed E-state index contributed by atoms with van der Waals surface area (Å²) in [5, 5.41) is 0. The van der Waals surface area contributed by atoms with Crippen molar-refractivity contribution in [3.8, 4) is 0 Å². The van der Waals surface area contributed by atoms with Crippen molar-refractivity contribution in [3.63, 3.8) is 0 Å². The van der Waals surface area contributed by atoms with Gasteiger partial charge in [-0.2, -0.15) is 0 Å². The van der Waals surface area contributed by atoms with Crippen LogP contribution in [0.4, 0.5) is 0 Å². The maximum absolute atomic E-state index is 2.58. The molecule has 2 heteroatoms. The van der Waals surface area contributed by atoms with Gasteiger partial charge in [-0.1, -0.05) is 0 Å². The second-order valence-electron chi connectivity index (χ2n) is 7.28. The third-order valence-electron chi connectivity index (χ3n) is 5.24. The van der Waals surface area contributed by atoms with E-state index in [2.05, 4.69) is 61.5 Å². The third kappa shape index (κ3) is 2.58. The predicted octanol–water partition coefficient (Wildman–Crippen LogP) is 4.70. The van der Waals surface area contributed by atoms with Gasteiger partial charge in [-0.25, -0.2) is 0 Å². The quantitative estimate of drug-likeness (QED) is 0.660. The standard InChI is InChI=1S/C13H22N.3CH3.Sn/c1-9-10(2)12(4)13(11(9)3)7-8-14(5)6;;;;/h7-8H2,1-6H3;3*1H3;. The molecule has 1 rings (SSSR count). The van der Waals surface area contributed by atoms with Gasteiger partial charge in [-0.3, -0.25) is 0 Å². The SMILES string of the molecule is CC1=C(C)[C](C)([Sn]([CH3])([CH3])[CH3])C(CCN(C)C)=C1C. The van der Waals surface area contributed by atoms with Gasteiger partial charge in [0.25, 0.3) is 0 Å². The van der Waals surface area contributed by atoms with Crippen LogP contribution in [0.2, 0.25) is 18.2 Å². The molecule has 0 bridgehead atoms. The van der Waals surface area contributed by atoms with Crippen LogP contribution < -0.4 is 0 Å². The van der Waals surface area contributed by atoms with Crippen molar-refractivity contribution < 1.29 is 0 Å². The van der Waals surface area contributed by atoms with Crippen LogP contribution in [0, 0.1) is 0 Å². The van der Waals surface area contributed by atoms with Crippen LogP contribution in [0.1, 0.15) is 34.1 Å². The van der Waals surface area contributed by atoms with E-state index >= 15 is 0 Å². The number of hydrogen-bond donors (Lipinski definition) is 0. The third-order valence-corrected chi connectivity index (χ3v) is 15.7. The molecule has 0 amide bonds. The molecule has 0 aliphatic heterocycles.